The molecule has 0 aliphatic heterocycles. The third-order valence-corrected chi connectivity index (χ3v) is 3.37. The molecule has 1 rings (SSSR count). The Kier molecular flexibility index (Phi) is 4.20. The molecule has 0 amide bonds. The lowest BCUT2D eigenvalue weighted by atomic mass is 10.1. The van der Waals surface area contributed by atoms with Crippen LogP contribution in [-0.4, -0.2) is 21.6 Å². The number of hydrogen-bond donors (Lipinski definition) is 2. The van der Waals surface area contributed by atoms with E-state index in [-0.39, 0.29) is 0 Å². The molecule has 84 valence electrons. The van der Waals surface area contributed by atoms with E-state index in [0.29, 0.717) is 5.75 Å². The van der Waals surface area contributed by atoms with Crippen molar-refractivity contribution in [3.63, 3.8) is 0 Å². The molecular weight excluding hydrogens is 208 g/mol. The average Bonchev–Trinajstić information content (AvgIpc) is 2.14. The van der Waals surface area contributed by atoms with E-state index < -0.39 is 11.7 Å². The highest BCUT2D eigenvalue weighted by Crippen LogP contribution is 2.25. The minimum Gasteiger partial charge on any atom is -0.390 e. The van der Waals surface area contributed by atoms with Crippen molar-refractivity contribution < 1.29 is 10.2 Å². The third-order valence-electron chi connectivity index (χ3n) is 1.93. The second kappa shape index (κ2) is 5.01. The lowest BCUT2D eigenvalue weighted by Crippen LogP contribution is -2.21. The summed E-state index contributed by atoms with van der Waals surface area (Å²) < 4.78 is 0. The van der Waals surface area contributed by atoms with Gasteiger partial charge in [-0.1, -0.05) is 12.1 Å². The lowest BCUT2D eigenvalue weighted by Gasteiger charge is -2.16. The predicted molar refractivity (Wildman–Crippen MR) is 64.1 cm³/mol. The SMILES string of the molecule is CC(O)c1cccc(SCC(C)(C)O)c1. The van der Waals surface area contributed by atoms with E-state index in [1.807, 2.05) is 24.3 Å². The van der Waals surface area contributed by atoms with E-state index in [4.69, 9.17) is 0 Å². The molecule has 0 radical (unpaired) electrons. The molecule has 1 aromatic rings. The summed E-state index contributed by atoms with van der Waals surface area (Å²) in [5, 5.41) is 19.0. The number of aliphatic hydroxyl groups excluding tert-OH is 1. The Hall–Kier alpha value is -0.510. The number of thioether (sulfide) groups is 1. The first kappa shape index (κ1) is 12.6. The molecule has 0 saturated heterocycles. The lowest BCUT2D eigenvalue weighted by molar-refractivity contribution is 0.107. The van der Waals surface area contributed by atoms with Gasteiger partial charge in [-0.05, 0) is 38.5 Å². The van der Waals surface area contributed by atoms with Crippen LogP contribution in [0.5, 0.6) is 0 Å². The highest BCUT2D eigenvalue weighted by Gasteiger charge is 2.13. The highest BCUT2D eigenvalue weighted by atomic mass is 32.2. The van der Waals surface area contributed by atoms with Gasteiger partial charge in [0.05, 0.1) is 11.7 Å². The smallest absolute Gasteiger partial charge is 0.0762 e. The zero-order valence-electron chi connectivity index (χ0n) is 9.40. The van der Waals surface area contributed by atoms with Crippen LogP contribution in [0.25, 0.3) is 0 Å². The fraction of sp³-hybridized carbons (Fsp3) is 0.500. The van der Waals surface area contributed by atoms with E-state index in [1.165, 1.54) is 0 Å². The standard InChI is InChI=1S/C12H18O2S/c1-9(13)10-5-4-6-11(7-10)15-8-12(2,3)14/h4-7,9,13-14H,8H2,1-3H3. The molecule has 1 aromatic carbocycles. The largest absolute Gasteiger partial charge is 0.390 e. The molecule has 0 spiro atoms. The average molecular weight is 226 g/mol. The van der Waals surface area contributed by atoms with Crippen molar-refractivity contribution in [1.82, 2.24) is 0 Å². The van der Waals surface area contributed by atoms with Crippen molar-refractivity contribution in [3.8, 4) is 0 Å². The summed E-state index contributed by atoms with van der Waals surface area (Å²) in [7, 11) is 0. The van der Waals surface area contributed by atoms with E-state index in [1.54, 1.807) is 32.5 Å². The van der Waals surface area contributed by atoms with Gasteiger partial charge in [-0.25, -0.2) is 0 Å². The van der Waals surface area contributed by atoms with Crippen molar-refractivity contribution in [2.24, 2.45) is 0 Å². The third kappa shape index (κ3) is 4.69. The first-order valence-electron chi connectivity index (χ1n) is 5.02. The van der Waals surface area contributed by atoms with Crippen LogP contribution >= 0.6 is 11.8 Å². The minimum atomic E-state index is -0.661. The second-order valence-corrected chi connectivity index (χ2v) is 5.40. The van der Waals surface area contributed by atoms with Crippen molar-refractivity contribution in [3.05, 3.63) is 29.8 Å². The van der Waals surface area contributed by atoms with Gasteiger partial charge in [0.25, 0.3) is 0 Å². The molecule has 0 heterocycles. The second-order valence-electron chi connectivity index (χ2n) is 4.35. The molecular formula is C12H18O2S. The first-order chi connectivity index (χ1) is 6.88. The Balaban J connectivity index is 2.66. The van der Waals surface area contributed by atoms with Crippen LogP contribution in [-0.2, 0) is 0 Å². The van der Waals surface area contributed by atoms with Gasteiger partial charge >= 0.3 is 0 Å². The van der Waals surface area contributed by atoms with Crippen molar-refractivity contribution in [2.75, 3.05) is 5.75 Å². The van der Waals surface area contributed by atoms with E-state index in [0.717, 1.165) is 10.5 Å². The van der Waals surface area contributed by atoms with Crippen molar-refractivity contribution >= 4 is 11.8 Å². The van der Waals surface area contributed by atoms with Gasteiger partial charge in [0.2, 0.25) is 0 Å². The summed E-state index contributed by atoms with van der Waals surface area (Å²) in [6.07, 6.45) is -0.437. The Morgan fingerprint density at radius 1 is 1.40 bits per heavy atom. The monoisotopic (exact) mass is 226 g/mol. The fourth-order valence-corrected chi connectivity index (χ4v) is 2.04. The van der Waals surface area contributed by atoms with Crippen LogP contribution in [0.15, 0.2) is 29.2 Å². The minimum absolute atomic E-state index is 0.437. The van der Waals surface area contributed by atoms with Gasteiger partial charge in [0.1, 0.15) is 0 Å². The van der Waals surface area contributed by atoms with Crippen LogP contribution in [0.4, 0.5) is 0 Å². The van der Waals surface area contributed by atoms with E-state index in [2.05, 4.69) is 0 Å². The zero-order chi connectivity index (χ0) is 11.5. The molecule has 15 heavy (non-hydrogen) atoms. The van der Waals surface area contributed by atoms with Gasteiger partial charge < -0.3 is 10.2 Å². The summed E-state index contributed by atoms with van der Waals surface area (Å²) in [5.74, 6) is 0.649. The molecule has 1 unspecified atom stereocenters. The van der Waals surface area contributed by atoms with Gasteiger partial charge in [-0.2, -0.15) is 0 Å². The molecule has 2 nitrogen and oxygen atoms in total. The molecule has 0 aromatic heterocycles. The number of benzene rings is 1. The van der Waals surface area contributed by atoms with Crippen LogP contribution in [0.2, 0.25) is 0 Å². The van der Waals surface area contributed by atoms with Crippen LogP contribution < -0.4 is 0 Å². The summed E-state index contributed by atoms with van der Waals surface area (Å²) in [6.45, 7) is 5.33. The maximum atomic E-state index is 9.59. The summed E-state index contributed by atoms with van der Waals surface area (Å²) in [6, 6.07) is 7.77. The van der Waals surface area contributed by atoms with E-state index in [9.17, 15) is 10.2 Å². The first-order valence-corrected chi connectivity index (χ1v) is 6.00. The molecule has 0 bridgehead atoms. The Bertz CT molecular complexity index is 316. The maximum Gasteiger partial charge on any atom is 0.0762 e. The number of hydrogen-bond acceptors (Lipinski definition) is 3. The van der Waals surface area contributed by atoms with Crippen molar-refractivity contribution in [1.29, 1.82) is 0 Å². The van der Waals surface area contributed by atoms with Crippen LogP contribution in [0.1, 0.15) is 32.4 Å². The highest BCUT2D eigenvalue weighted by molar-refractivity contribution is 7.99. The summed E-state index contributed by atoms with van der Waals surface area (Å²) >= 11 is 1.60. The predicted octanol–water partition coefficient (Wildman–Crippen LogP) is 2.60. The molecule has 1 atom stereocenters. The number of aliphatic hydroxyl groups is 2. The van der Waals surface area contributed by atoms with Gasteiger partial charge in [0.15, 0.2) is 0 Å². The Morgan fingerprint density at radius 3 is 2.60 bits per heavy atom. The molecule has 2 N–H and O–H groups in total. The fourth-order valence-electron chi connectivity index (χ4n) is 1.12. The maximum absolute atomic E-state index is 9.59. The molecule has 0 fully saturated rings. The van der Waals surface area contributed by atoms with Crippen molar-refractivity contribution in [2.45, 2.75) is 37.4 Å². The van der Waals surface area contributed by atoms with Gasteiger partial charge in [0, 0.05) is 10.6 Å². The topological polar surface area (TPSA) is 40.5 Å². The molecule has 3 heteroatoms. The Labute approximate surface area is 95.3 Å². The molecule has 0 saturated carbocycles. The molecule has 0 aliphatic rings. The Morgan fingerprint density at radius 2 is 2.07 bits per heavy atom. The number of rotatable bonds is 4. The quantitative estimate of drug-likeness (QED) is 0.775. The summed E-state index contributed by atoms with van der Waals surface area (Å²) in [5.41, 5.74) is 0.252. The van der Waals surface area contributed by atoms with Gasteiger partial charge in [-0.3, -0.25) is 0 Å². The van der Waals surface area contributed by atoms with Crippen LogP contribution in [0.3, 0.4) is 0 Å². The van der Waals surface area contributed by atoms with E-state index >= 15 is 0 Å². The van der Waals surface area contributed by atoms with Gasteiger partial charge in [-0.15, -0.1) is 11.8 Å². The summed E-state index contributed by atoms with van der Waals surface area (Å²) in [4.78, 5) is 1.08. The van der Waals surface area contributed by atoms with Crippen LogP contribution in [0, 0.1) is 0 Å². The molecule has 0 aliphatic carbocycles. The normalized spacial score (nSPS) is 13.9. The zero-order valence-corrected chi connectivity index (χ0v) is 10.2.